The molecule has 0 amide bonds. The first-order valence-electron chi connectivity index (χ1n) is 6.24. The highest BCUT2D eigenvalue weighted by atomic mass is 32.2. The summed E-state index contributed by atoms with van der Waals surface area (Å²) in [5, 5.41) is 3.01. The van der Waals surface area contributed by atoms with E-state index in [4.69, 9.17) is 10.5 Å². The molecule has 3 N–H and O–H groups in total. The van der Waals surface area contributed by atoms with E-state index in [1.165, 1.54) is 12.3 Å². The summed E-state index contributed by atoms with van der Waals surface area (Å²) in [5.41, 5.74) is 7.18. The molecule has 0 aliphatic heterocycles. The number of ether oxygens (including phenoxy) is 1. The van der Waals surface area contributed by atoms with Crippen molar-refractivity contribution in [3.63, 3.8) is 0 Å². The molecule has 0 aromatic heterocycles. The van der Waals surface area contributed by atoms with Gasteiger partial charge in [0, 0.05) is 12.3 Å². The third-order valence-electron chi connectivity index (χ3n) is 2.52. The Kier molecular flexibility index (Phi) is 5.38. The number of esters is 1. The summed E-state index contributed by atoms with van der Waals surface area (Å²) in [5.74, 6) is -0.429. The van der Waals surface area contributed by atoms with Crippen LogP contribution in [0.15, 0.2) is 18.2 Å². The van der Waals surface area contributed by atoms with Gasteiger partial charge in [0.25, 0.3) is 0 Å². The molecule has 7 heteroatoms. The van der Waals surface area contributed by atoms with E-state index >= 15 is 0 Å². The van der Waals surface area contributed by atoms with Gasteiger partial charge in [0.15, 0.2) is 0 Å². The van der Waals surface area contributed by atoms with Crippen molar-refractivity contribution in [2.75, 3.05) is 29.7 Å². The van der Waals surface area contributed by atoms with Crippen molar-refractivity contribution < 1.29 is 17.9 Å². The molecule has 1 aromatic carbocycles. The lowest BCUT2D eigenvalue weighted by atomic mass is 10.1. The van der Waals surface area contributed by atoms with Gasteiger partial charge in [-0.2, -0.15) is 0 Å². The van der Waals surface area contributed by atoms with E-state index < -0.39 is 15.8 Å². The molecule has 0 saturated heterocycles. The van der Waals surface area contributed by atoms with Crippen molar-refractivity contribution in [1.82, 2.24) is 0 Å². The number of hydrogen-bond acceptors (Lipinski definition) is 6. The minimum absolute atomic E-state index is 0.00602. The quantitative estimate of drug-likeness (QED) is 0.607. The van der Waals surface area contributed by atoms with Crippen molar-refractivity contribution in [3.8, 4) is 0 Å². The van der Waals surface area contributed by atoms with Gasteiger partial charge in [0.1, 0.15) is 9.84 Å². The minimum Gasteiger partial charge on any atom is -0.462 e. The van der Waals surface area contributed by atoms with Gasteiger partial charge in [-0.1, -0.05) is 0 Å². The van der Waals surface area contributed by atoms with E-state index in [2.05, 4.69) is 5.32 Å². The van der Waals surface area contributed by atoms with Crippen LogP contribution < -0.4 is 11.1 Å². The molecule has 0 spiro atoms. The molecule has 0 radical (unpaired) electrons. The first-order valence-corrected chi connectivity index (χ1v) is 8.30. The van der Waals surface area contributed by atoms with Crippen molar-refractivity contribution in [1.29, 1.82) is 0 Å². The zero-order chi connectivity index (χ0) is 15.3. The first-order chi connectivity index (χ1) is 9.23. The maximum absolute atomic E-state index is 11.5. The summed E-state index contributed by atoms with van der Waals surface area (Å²) < 4.78 is 27.3. The fraction of sp³-hybridized carbons (Fsp3) is 0.462. The maximum Gasteiger partial charge on any atom is 0.338 e. The molecule has 1 atom stereocenters. The average Bonchev–Trinajstić information content (AvgIpc) is 2.29. The predicted molar refractivity (Wildman–Crippen MR) is 79.6 cm³/mol. The second-order valence-corrected chi connectivity index (χ2v) is 6.85. The molecule has 1 rings (SSSR count). The van der Waals surface area contributed by atoms with Crippen LogP contribution >= 0.6 is 0 Å². The molecule has 6 nitrogen and oxygen atoms in total. The predicted octanol–water partition coefficient (Wildman–Crippen LogP) is 1.29. The zero-order valence-electron chi connectivity index (χ0n) is 11.8. The number of sulfone groups is 1. The monoisotopic (exact) mass is 300 g/mol. The van der Waals surface area contributed by atoms with Crippen LogP contribution in [-0.4, -0.2) is 39.0 Å². The Balaban J connectivity index is 2.81. The van der Waals surface area contributed by atoms with Crippen LogP contribution in [0.4, 0.5) is 11.4 Å². The standard InChI is InChI=1S/C13H20N2O4S/c1-4-19-13(16)10-5-6-12(11(14)7-10)15-9(2)8-20(3,17)18/h5-7,9,15H,4,8,14H2,1-3H3. The Morgan fingerprint density at radius 2 is 2.10 bits per heavy atom. The Morgan fingerprint density at radius 3 is 2.60 bits per heavy atom. The number of anilines is 2. The van der Waals surface area contributed by atoms with E-state index in [0.29, 0.717) is 23.5 Å². The van der Waals surface area contributed by atoms with Gasteiger partial charge in [0.05, 0.1) is 29.3 Å². The molecule has 0 aliphatic carbocycles. The largest absolute Gasteiger partial charge is 0.462 e. The lowest BCUT2D eigenvalue weighted by molar-refractivity contribution is 0.0526. The fourth-order valence-corrected chi connectivity index (χ4v) is 2.79. The van der Waals surface area contributed by atoms with Crippen LogP contribution in [0.1, 0.15) is 24.2 Å². The highest BCUT2D eigenvalue weighted by molar-refractivity contribution is 7.90. The molecule has 0 saturated carbocycles. The molecule has 20 heavy (non-hydrogen) atoms. The van der Waals surface area contributed by atoms with E-state index in [1.54, 1.807) is 26.0 Å². The molecule has 0 bridgehead atoms. The second-order valence-electron chi connectivity index (χ2n) is 4.66. The van der Waals surface area contributed by atoms with Crippen LogP contribution in [-0.2, 0) is 14.6 Å². The molecular weight excluding hydrogens is 280 g/mol. The van der Waals surface area contributed by atoms with Gasteiger partial charge in [-0.05, 0) is 32.0 Å². The van der Waals surface area contributed by atoms with Gasteiger partial charge < -0.3 is 15.8 Å². The smallest absolute Gasteiger partial charge is 0.338 e. The van der Waals surface area contributed by atoms with Gasteiger partial charge in [-0.3, -0.25) is 0 Å². The minimum atomic E-state index is -3.06. The number of nitrogen functional groups attached to an aromatic ring is 1. The Morgan fingerprint density at radius 1 is 1.45 bits per heavy atom. The van der Waals surface area contributed by atoms with Gasteiger partial charge in [0.2, 0.25) is 0 Å². The normalized spacial score (nSPS) is 12.8. The van der Waals surface area contributed by atoms with Crippen LogP contribution in [0, 0.1) is 0 Å². The van der Waals surface area contributed by atoms with Gasteiger partial charge in [-0.25, -0.2) is 13.2 Å². The average molecular weight is 300 g/mol. The van der Waals surface area contributed by atoms with Gasteiger partial charge >= 0.3 is 5.97 Å². The summed E-state index contributed by atoms with van der Waals surface area (Å²) >= 11 is 0. The highest BCUT2D eigenvalue weighted by Crippen LogP contribution is 2.21. The first kappa shape index (κ1) is 16.3. The third-order valence-corrected chi connectivity index (χ3v) is 3.62. The summed E-state index contributed by atoms with van der Waals surface area (Å²) in [6, 6.07) is 4.46. The van der Waals surface area contributed by atoms with E-state index in [-0.39, 0.29) is 11.8 Å². The lowest BCUT2D eigenvalue weighted by Crippen LogP contribution is -2.25. The Hall–Kier alpha value is -1.76. The van der Waals surface area contributed by atoms with E-state index in [9.17, 15) is 13.2 Å². The Bertz CT molecular complexity index is 584. The number of hydrogen-bond donors (Lipinski definition) is 2. The molecule has 0 aliphatic rings. The summed E-state index contributed by atoms with van der Waals surface area (Å²) in [4.78, 5) is 11.5. The topological polar surface area (TPSA) is 98.5 Å². The van der Waals surface area contributed by atoms with E-state index in [1.807, 2.05) is 0 Å². The van der Waals surface area contributed by atoms with Crippen LogP contribution in [0.3, 0.4) is 0 Å². The Labute approximate surface area is 119 Å². The molecule has 0 fully saturated rings. The highest BCUT2D eigenvalue weighted by Gasteiger charge is 2.13. The molecule has 112 valence electrons. The second kappa shape index (κ2) is 6.60. The number of benzene rings is 1. The molecular formula is C13H20N2O4S. The lowest BCUT2D eigenvalue weighted by Gasteiger charge is -2.16. The summed E-state index contributed by atoms with van der Waals surface area (Å²) in [6.07, 6.45) is 1.18. The van der Waals surface area contributed by atoms with Gasteiger partial charge in [-0.15, -0.1) is 0 Å². The van der Waals surface area contributed by atoms with Crippen LogP contribution in [0.2, 0.25) is 0 Å². The summed E-state index contributed by atoms with van der Waals surface area (Å²) in [7, 11) is -3.06. The number of rotatable bonds is 6. The van der Waals surface area contributed by atoms with Crippen LogP contribution in [0.25, 0.3) is 0 Å². The third kappa shape index (κ3) is 5.08. The molecule has 1 aromatic rings. The van der Waals surface area contributed by atoms with Crippen molar-refractivity contribution >= 4 is 27.2 Å². The van der Waals surface area contributed by atoms with Crippen molar-refractivity contribution in [3.05, 3.63) is 23.8 Å². The van der Waals surface area contributed by atoms with Crippen molar-refractivity contribution in [2.24, 2.45) is 0 Å². The zero-order valence-corrected chi connectivity index (χ0v) is 12.7. The number of carbonyl (C=O) groups excluding carboxylic acids is 1. The molecule has 1 unspecified atom stereocenters. The number of nitrogens with two attached hydrogens (primary N) is 1. The number of nitrogens with one attached hydrogen (secondary N) is 1. The number of carbonyl (C=O) groups is 1. The summed E-state index contributed by atoms with van der Waals surface area (Å²) in [6.45, 7) is 3.77. The fourth-order valence-electron chi connectivity index (χ4n) is 1.80. The van der Waals surface area contributed by atoms with Crippen LogP contribution in [0.5, 0.6) is 0 Å². The molecule has 0 heterocycles. The SMILES string of the molecule is CCOC(=O)c1ccc(NC(C)CS(C)(=O)=O)c(N)c1. The van der Waals surface area contributed by atoms with E-state index in [0.717, 1.165) is 0 Å². The maximum atomic E-state index is 11.5. The van der Waals surface area contributed by atoms with Crippen molar-refractivity contribution in [2.45, 2.75) is 19.9 Å².